The summed E-state index contributed by atoms with van der Waals surface area (Å²) in [6.07, 6.45) is 4.90. The number of carboxylic acid groups (broad SMARTS) is 1. The number of aliphatic carboxylic acids is 1. The quantitative estimate of drug-likeness (QED) is 0.113. The van der Waals surface area contributed by atoms with Crippen LogP contribution in [-0.4, -0.2) is 90.5 Å². The Kier molecular flexibility index (Phi) is 10.5. The Hall–Kier alpha value is -4.31. The molecule has 0 radical (unpaired) electrons. The lowest BCUT2D eigenvalue weighted by Gasteiger charge is -2.24. The monoisotopic (exact) mass is 507 g/mol. The molecule has 0 saturated heterocycles. The number of imidazole rings is 2. The molecule has 196 valence electrons. The Balaban J connectivity index is 2.22. The van der Waals surface area contributed by atoms with E-state index in [0.29, 0.717) is 11.4 Å². The van der Waals surface area contributed by atoms with Crippen LogP contribution in [0.2, 0.25) is 0 Å². The summed E-state index contributed by atoms with van der Waals surface area (Å²) in [5, 5.41) is 25.8. The summed E-state index contributed by atoms with van der Waals surface area (Å²) >= 11 is 0. The minimum absolute atomic E-state index is 0.0511. The molecule has 0 aliphatic rings. The van der Waals surface area contributed by atoms with Crippen molar-refractivity contribution in [1.29, 1.82) is 0 Å². The highest BCUT2D eigenvalue weighted by molar-refractivity contribution is 5.94. The molecule has 2 aromatic heterocycles. The summed E-state index contributed by atoms with van der Waals surface area (Å²) in [5.74, 6) is -4.57. The first-order valence-corrected chi connectivity index (χ1v) is 10.8. The number of aromatic nitrogens is 4. The summed E-state index contributed by atoms with van der Waals surface area (Å²) in [4.78, 5) is 74.3. The number of carbonyl (C=O) groups excluding carboxylic acids is 4. The van der Waals surface area contributed by atoms with Gasteiger partial charge >= 0.3 is 5.97 Å². The molecule has 0 aliphatic heterocycles. The average Bonchev–Trinajstić information content (AvgIpc) is 3.54. The minimum atomic E-state index is -1.44. The number of rotatable bonds is 15. The average molecular weight is 508 g/mol. The van der Waals surface area contributed by atoms with Crippen LogP contribution in [0.1, 0.15) is 24.2 Å². The second kappa shape index (κ2) is 13.5. The molecule has 4 atom stereocenters. The van der Waals surface area contributed by atoms with E-state index in [1.54, 1.807) is 0 Å². The SMILES string of the molecule is NC(=O)CCC(NC(=O)C(Cc1cnc[nH]1)NC(=O)C(Cc1cnc[nH]1)NC(=O)C(N)CO)C(=O)O. The van der Waals surface area contributed by atoms with E-state index >= 15 is 0 Å². The fourth-order valence-electron chi connectivity index (χ4n) is 3.10. The Morgan fingerprint density at radius 1 is 0.861 bits per heavy atom. The van der Waals surface area contributed by atoms with Crippen molar-refractivity contribution in [3.05, 3.63) is 36.4 Å². The lowest BCUT2D eigenvalue weighted by atomic mass is 10.1. The Morgan fingerprint density at radius 2 is 1.33 bits per heavy atom. The van der Waals surface area contributed by atoms with Crippen molar-refractivity contribution in [1.82, 2.24) is 35.9 Å². The van der Waals surface area contributed by atoms with Crippen LogP contribution in [0.5, 0.6) is 0 Å². The van der Waals surface area contributed by atoms with Crippen LogP contribution in [0.4, 0.5) is 0 Å². The van der Waals surface area contributed by atoms with Gasteiger partial charge in [-0.05, 0) is 6.42 Å². The van der Waals surface area contributed by atoms with Gasteiger partial charge in [0.2, 0.25) is 23.6 Å². The van der Waals surface area contributed by atoms with Gasteiger partial charge in [-0.2, -0.15) is 0 Å². The van der Waals surface area contributed by atoms with Crippen LogP contribution < -0.4 is 27.4 Å². The third-order valence-corrected chi connectivity index (χ3v) is 5.05. The van der Waals surface area contributed by atoms with E-state index in [1.807, 2.05) is 0 Å². The molecule has 0 aromatic carbocycles. The van der Waals surface area contributed by atoms with Gasteiger partial charge in [-0.15, -0.1) is 0 Å². The number of carbonyl (C=O) groups is 5. The first kappa shape index (κ1) is 27.9. The number of nitrogens with one attached hydrogen (secondary N) is 5. The van der Waals surface area contributed by atoms with Crippen molar-refractivity contribution in [2.45, 2.75) is 49.9 Å². The maximum absolute atomic E-state index is 13.1. The second-order valence-electron chi connectivity index (χ2n) is 7.88. The van der Waals surface area contributed by atoms with Gasteiger partial charge in [0.05, 0.1) is 19.3 Å². The molecule has 2 aromatic rings. The third-order valence-electron chi connectivity index (χ3n) is 5.05. The number of hydrogen-bond donors (Lipinski definition) is 9. The lowest BCUT2D eigenvalue weighted by Crippen LogP contribution is -2.58. The van der Waals surface area contributed by atoms with Gasteiger partial charge in [0.25, 0.3) is 0 Å². The van der Waals surface area contributed by atoms with E-state index in [1.165, 1.54) is 25.0 Å². The van der Waals surface area contributed by atoms with Crippen LogP contribution in [0, 0.1) is 0 Å². The Bertz CT molecular complexity index is 1030. The lowest BCUT2D eigenvalue weighted by molar-refractivity contribution is -0.142. The number of H-pyrrole nitrogens is 2. The zero-order valence-corrected chi connectivity index (χ0v) is 19.1. The standard InChI is InChI=1S/C20H29N9O7/c21-12(7-30)17(32)28-14(3-10-5-23-8-25-10)19(34)29-15(4-11-6-24-9-26-11)18(33)27-13(20(35)36)1-2-16(22)31/h5-6,8-9,12-15,30H,1-4,7,21H2,(H2,22,31)(H,23,25)(H,24,26)(H,27,33)(H,28,32)(H,29,34)(H,35,36). The van der Waals surface area contributed by atoms with Gasteiger partial charge in [-0.25, -0.2) is 14.8 Å². The van der Waals surface area contributed by atoms with Crippen molar-refractivity contribution >= 4 is 29.6 Å². The van der Waals surface area contributed by atoms with Gasteiger partial charge in [0.1, 0.15) is 24.2 Å². The fraction of sp³-hybridized carbons (Fsp3) is 0.450. The molecule has 11 N–H and O–H groups in total. The molecule has 4 unspecified atom stereocenters. The highest BCUT2D eigenvalue weighted by Crippen LogP contribution is 2.05. The van der Waals surface area contributed by atoms with E-state index in [0.717, 1.165) is 0 Å². The third kappa shape index (κ3) is 8.80. The van der Waals surface area contributed by atoms with Crippen molar-refractivity contribution < 1.29 is 34.2 Å². The molecule has 0 fully saturated rings. The number of nitrogens with zero attached hydrogens (tertiary/aromatic N) is 2. The molecule has 16 nitrogen and oxygen atoms in total. The number of aliphatic hydroxyl groups excluding tert-OH is 1. The number of aromatic amines is 2. The molecule has 0 spiro atoms. The highest BCUT2D eigenvalue weighted by atomic mass is 16.4. The first-order valence-electron chi connectivity index (χ1n) is 10.8. The summed E-state index contributed by atoms with van der Waals surface area (Å²) < 4.78 is 0. The van der Waals surface area contributed by atoms with E-state index in [9.17, 15) is 29.1 Å². The number of carboxylic acids is 1. The molecule has 36 heavy (non-hydrogen) atoms. The Labute approximate surface area is 204 Å². The van der Waals surface area contributed by atoms with Crippen molar-refractivity contribution in [3.63, 3.8) is 0 Å². The summed E-state index contributed by atoms with van der Waals surface area (Å²) in [7, 11) is 0. The van der Waals surface area contributed by atoms with Gasteiger partial charge in [-0.1, -0.05) is 0 Å². The zero-order valence-electron chi connectivity index (χ0n) is 19.1. The molecular formula is C20H29N9O7. The second-order valence-corrected chi connectivity index (χ2v) is 7.88. The molecular weight excluding hydrogens is 478 g/mol. The Morgan fingerprint density at radius 3 is 1.72 bits per heavy atom. The first-order chi connectivity index (χ1) is 17.1. The van der Waals surface area contributed by atoms with Crippen LogP contribution in [-0.2, 0) is 36.8 Å². The summed E-state index contributed by atoms with van der Waals surface area (Å²) in [5.41, 5.74) is 11.5. The topological polar surface area (TPSA) is 271 Å². The van der Waals surface area contributed by atoms with E-state index < -0.39 is 60.4 Å². The number of primary amides is 1. The summed E-state index contributed by atoms with van der Waals surface area (Å²) in [6.45, 7) is -0.656. The molecule has 0 aliphatic carbocycles. The van der Waals surface area contributed by atoms with E-state index in [2.05, 4.69) is 35.9 Å². The van der Waals surface area contributed by atoms with Crippen LogP contribution in [0.15, 0.2) is 25.0 Å². The summed E-state index contributed by atoms with van der Waals surface area (Å²) in [6, 6.07) is -5.24. The predicted octanol–water partition coefficient (Wildman–Crippen LogP) is -3.96. The smallest absolute Gasteiger partial charge is 0.326 e. The number of hydrogen-bond acceptors (Lipinski definition) is 9. The minimum Gasteiger partial charge on any atom is -0.480 e. The fourth-order valence-corrected chi connectivity index (χ4v) is 3.10. The van der Waals surface area contributed by atoms with Gasteiger partial charge in [0.15, 0.2) is 0 Å². The normalized spacial score (nSPS) is 14.2. The van der Waals surface area contributed by atoms with Crippen molar-refractivity contribution in [2.75, 3.05) is 6.61 Å². The van der Waals surface area contributed by atoms with Gasteiger partial charge in [-0.3, -0.25) is 19.2 Å². The van der Waals surface area contributed by atoms with Crippen LogP contribution in [0.25, 0.3) is 0 Å². The van der Waals surface area contributed by atoms with E-state index in [-0.39, 0.29) is 25.7 Å². The van der Waals surface area contributed by atoms with E-state index in [4.69, 9.17) is 16.6 Å². The number of nitrogens with two attached hydrogens (primary N) is 2. The number of amides is 4. The highest BCUT2D eigenvalue weighted by Gasteiger charge is 2.31. The molecule has 0 bridgehead atoms. The maximum Gasteiger partial charge on any atom is 0.326 e. The predicted molar refractivity (Wildman–Crippen MR) is 122 cm³/mol. The van der Waals surface area contributed by atoms with Crippen LogP contribution in [0.3, 0.4) is 0 Å². The molecule has 2 heterocycles. The zero-order chi connectivity index (χ0) is 26.7. The molecule has 0 saturated carbocycles. The van der Waals surface area contributed by atoms with Gasteiger partial charge < -0.3 is 47.6 Å². The largest absolute Gasteiger partial charge is 0.480 e. The van der Waals surface area contributed by atoms with Gasteiger partial charge in [0, 0.05) is 43.0 Å². The maximum atomic E-state index is 13.1. The molecule has 16 heteroatoms. The molecule has 2 rings (SSSR count). The number of aliphatic hydroxyl groups is 1. The van der Waals surface area contributed by atoms with Crippen LogP contribution >= 0.6 is 0 Å². The van der Waals surface area contributed by atoms with Crippen molar-refractivity contribution in [3.8, 4) is 0 Å². The molecule has 4 amide bonds. The van der Waals surface area contributed by atoms with Crippen molar-refractivity contribution in [2.24, 2.45) is 11.5 Å².